The molecule has 1 aliphatic rings. The van der Waals surface area contributed by atoms with Crippen molar-refractivity contribution in [3.8, 4) is 0 Å². The molecule has 0 aliphatic carbocycles. The summed E-state index contributed by atoms with van der Waals surface area (Å²) in [7, 11) is 0. The highest BCUT2D eigenvalue weighted by Crippen LogP contribution is 2.26. The van der Waals surface area contributed by atoms with Gasteiger partial charge in [0.25, 0.3) is 5.91 Å². The molecule has 1 N–H and O–H groups in total. The molecule has 2 amide bonds. The number of hydrogen-bond donors (Lipinski definition) is 1. The van der Waals surface area contributed by atoms with Crippen molar-refractivity contribution in [2.75, 3.05) is 31.5 Å². The molecule has 170 valence electrons. The number of benzene rings is 3. The molecule has 0 aromatic heterocycles. The lowest BCUT2D eigenvalue weighted by atomic mass is 9.83. The highest BCUT2D eigenvalue weighted by atomic mass is 16.2. The van der Waals surface area contributed by atoms with E-state index < -0.39 is 5.41 Å². The molecular weight excluding hydrogens is 410 g/mol. The van der Waals surface area contributed by atoms with Crippen molar-refractivity contribution >= 4 is 17.5 Å². The van der Waals surface area contributed by atoms with Crippen LogP contribution in [-0.4, -0.2) is 47.8 Å². The number of hydrogen-bond acceptors (Lipinski definition) is 3. The Morgan fingerprint density at radius 3 is 1.97 bits per heavy atom. The number of anilines is 1. The van der Waals surface area contributed by atoms with Gasteiger partial charge < -0.3 is 10.2 Å². The maximum Gasteiger partial charge on any atom is 0.255 e. The first-order chi connectivity index (χ1) is 15.9. The number of carbonyl (C=O) groups is 2. The van der Waals surface area contributed by atoms with E-state index in [1.165, 1.54) is 0 Å². The summed E-state index contributed by atoms with van der Waals surface area (Å²) in [5.41, 5.74) is 3.11. The lowest BCUT2D eigenvalue weighted by molar-refractivity contribution is -0.138. The fourth-order valence-electron chi connectivity index (χ4n) is 4.23. The summed E-state index contributed by atoms with van der Waals surface area (Å²) < 4.78 is 0. The number of nitrogens with one attached hydrogen (secondary N) is 1. The van der Waals surface area contributed by atoms with E-state index in [1.54, 1.807) is 0 Å². The minimum Gasteiger partial charge on any atom is -0.339 e. The predicted molar refractivity (Wildman–Crippen MR) is 132 cm³/mol. The molecular formula is C28H31N3O2. The first kappa shape index (κ1) is 22.7. The summed E-state index contributed by atoms with van der Waals surface area (Å²) in [5, 5.41) is 2.91. The van der Waals surface area contributed by atoms with Crippen LogP contribution in [0.25, 0.3) is 0 Å². The Morgan fingerprint density at radius 1 is 0.788 bits per heavy atom. The van der Waals surface area contributed by atoms with Gasteiger partial charge in [-0.3, -0.25) is 14.5 Å². The van der Waals surface area contributed by atoms with Gasteiger partial charge in [-0.05, 0) is 49.2 Å². The Labute approximate surface area is 196 Å². The molecule has 1 aliphatic heterocycles. The van der Waals surface area contributed by atoms with Gasteiger partial charge in [0.1, 0.15) is 0 Å². The van der Waals surface area contributed by atoms with Crippen LogP contribution in [0.15, 0.2) is 84.9 Å². The molecule has 0 unspecified atom stereocenters. The average molecular weight is 442 g/mol. The Hall–Kier alpha value is -3.44. The number of carbonyl (C=O) groups excluding carboxylic acids is 2. The zero-order valence-electron chi connectivity index (χ0n) is 19.3. The molecule has 0 atom stereocenters. The third kappa shape index (κ3) is 5.49. The first-order valence-corrected chi connectivity index (χ1v) is 11.5. The van der Waals surface area contributed by atoms with Crippen molar-refractivity contribution in [3.63, 3.8) is 0 Å². The van der Waals surface area contributed by atoms with E-state index in [1.807, 2.05) is 104 Å². The van der Waals surface area contributed by atoms with Crippen LogP contribution in [0, 0.1) is 0 Å². The Bertz CT molecular complexity index is 1070. The van der Waals surface area contributed by atoms with Gasteiger partial charge in [0, 0.05) is 44.0 Å². The lowest BCUT2D eigenvalue weighted by Gasteiger charge is -2.38. The van der Waals surface area contributed by atoms with E-state index in [0.29, 0.717) is 5.56 Å². The number of rotatable bonds is 6. The minimum absolute atomic E-state index is 0.110. The van der Waals surface area contributed by atoms with E-state index in [4.69, 9.17) is 0 Å². The number of piperazine rings is 1. The van der Waals surface area contributed by atoms with Crippen LogP contribution in [0.2, 0.25) is 0 Å². The van der Waals surface area contributed by atoms with E-state index in [9.17, 15) is 9.59 Å². The van der Waals surface area contributed by atoms with Crippen LogP contribution in [0.4, 0.5) is 5.69 Å². The van der Waals surface area contributed by atoms with E-state index in [0.717, 1.165) is 49.5 Å². The van der Waals surface area contributed by atoms with Crippen LogP contribution in [0.3, 0.4) is 0 Å². The van der Waals surface area contributed by atoms with Crippen LogP contribution in [0.1, 0.15) is 35.3 Å². The zero-order valence-corrected chi connectivity index (χ0v) is 19.3. The van der Waals surface area contributed by atoms with Gasteiger partial charge in [-0.15, -0.1) is 0 Å². The average Bonchev–Trinajstić information content (AvgIpc) is 2.85. The van der Waals surface area contributed by atoms with Crippen molar-refractivity contribution in [3.05, 3.63) is 102 Å². The minimum atomic E-state index is -0.528. The second-order valence-electron chi connectivity index (χ2n) is 9.08. The highest BCUT2D eigenvalue weighted by molar-refractivity contribution is 6.04. The Balaban J connectivity index is 1.29. The number of para-hydroxylation sites is 1. The van der Waals surface area contributed by atoms with Gasteiger partial charge >= 0.3 is 0 Å². The summed E-state index contributed by atoms with van der Waals surface area (Å²) in [4.78, 5) is 30.0. The quantitative estimate of drug-likeness (QED) is 0.610. The Kier molecular flexibility index (Phi) is 6.90. The van der Waals surface area contributed by atoms with Crippen molar-refractivity contribution in [2.24, 2.45) is 0 Å². The molecule has 5 nitrogen and oxygen atoms in total. The standard InChI is InChI=1S/C28H31N3O2/c1-28(2,24-9-5-3-6-10-24)27(33)31-19-17-30(18-20-31)21-22-13-15-23(16-14-22)26(32)29-25-11-7-4-8-12-25/h3-16H,17-21H2,1-2H3,(H,29,32). The molecule has 5 heteroatoms. The maximum absolute atomic E-state index is 13.2. The second kappa shape index (κ2) is 10.0. The predicted octanol–water partition coefficient (Wildman–Crippen LogP) is 4.56. The molecule has 4 rings (SSSR count). The summed E-state index contributed by atoms with van der Waals surface area (Å²) in [6.45, 7) is 7.96. The summed E-state index contributed by atoms with van der Waals surface area (Å²) in [6, 6.07) is 27.2. The van der Waals surface area contributed by atoms with Gasteiger partial charge in [0.2, 0.25) is 5.91 Å². The fraction of sp³-hybridized carbons (Fsp3) is 0.286. The SMILES string of the molecule is CC(C)(C(=O)N1CCN(Cc2ccc(C(=O)Nc3ccccc3)cc2)CC1)c1ccccc1. The maximum atomic E-state index is 13.2. The largest absolute Gasteiger partial charge is 0.339 e. The molecule has 3 aromatic carbocycles. The molecule has 33 heavy (non-hydrogen) atoms. The molecule has 0 radical (unpaired) electrons. The van der Waals surface area contributed by atoms with E-state index >= 15 is 0 Å². The van der Waals surface area contributed by atoms with E-state index in [2.05, 4.69) is 10.2 Å². The van der Waals surface area contributed by atoms with E-state index in [-0.39, 0.29) is 11.8 Å². The summed E-state index contributed by atoms with van der Waals surface area (Å²) >= 11 is 0. The van der Waals surface area contributed by atoms with Crippen molar-refractivity contribution < 1.29 is 9.59 Å². The number of amides is 2. The zero-order chi connectivity index (χ0) is 23.3. The highest BCUT2D eigenvalue weighted by Gasteiger charge is 2.34. The molecule has 1 fully saturated rings. The Morgan fingerprint density at radius 2 is 1.36 bits per heavy atom. The van der Waals surface area contributed by atoms with Crippen LogP contribution < -0.4 is 5.32 Å². The van der Waals surface area contributed by atoms with Gasteiger partial charge in [-0.1, -0.05) is 60.7 Å². The second-order valence-corrected chi connectivity index (χ2v) is 9.08. The third-order valence-electron chi connectivity index (χ3n) is 6.34. The molecule has 1 saturated heterocycles. The molecule has 1 heterocycles. The molecule has 0 saturated carbocycles. The van der Waals surface area contributed by atoms with Crippen LogP contribution in [-0.2, 0) is 16.8 Å². The lowest BCUT2D eigenvalue weighted by Crippen LogP contribution is -2.52. The van der Waals surface area contributed by atoms with Gasteiger partial charge in [-0.2, -0.15) is 0 Å². The first-order valence-electron chi connectivity index (χ1n) is 11.5. The van der Waals surface area contributed by atoms with Gasteiger partial charge in [-0.25, -0.2) is 0 Å². The van der Waals surface area contributed by atoms with Crippen molar-refractivity contribution in [2.45, 2.75) is 25.8 Å². The fourth-order valence-corrected chi connectivity index (χ4v) is 4.23. The summed E-state index contributed by atoms with van der Waals surface area (Å²) in [5.74, 6) is 0.0723. The van der Waals surface area contributed by atoms with Gasteiger partial charge in [0.15, 0.2) is 0 Å². The van der Waals surface area contributed by atoms with Crippen LogP contribution >= 0.6 is 0 Å². The molecule has 0 spiro atoms. The topological polar surface area (TPSA) is 52.7 Å². The summed E-state index contributed by atoms with van der Waals surface area (Å²) in [6.07, 6.45) is 0. The third-order valence-corrected chi connectivity index (χ3v) is 6.34. The van der Waals surface area contributed by atoms with Gasteiger partial charge in [0.05, 0.1) is 5.41 Å². The normalized spacial score (nSPS) is 14.7. The number of nitrogens with zero attached hydrogens (tertiary/aromatic N) is 2. The molecule has 3 aromatic rings. The monoisotopic (exact) mass is 441 g/mol. The smallest absolute Gasteiger partial charge is 0.255 e. The van der Waals surface area contributed by atoms with Crippen LogP contribution in [0.5, 0.6) is 0 Å². The van der Waals surface area contributed by atoms with Crippen molar-refractivity contribution in [1.29, 1.82) is 0 Å². The van der Waals surface area contributed by atoms with Crippen molar-refractivity contribution in [1.82, 2.24) is 9.80 Å². The molecule has 0 bridgehead atoms.